The summed E-state index contributed by atoms with van der Waals surface area (Å²) < 4.78 is 0. The van der Waals surface area contributed by atoms with E-state index >= 15 is 0 Å². The summed E-state index contributed by atoms with van der Waals surface area (Å²) in [5.74, 6) is 6.18. The van der Waals surface area contributed by atoms with Crippen molar-refractivity contribution in [3.63, 3.8) is 0 Å². The van der Waals surface area contributed by atoms with Gasteiger partial charge in [0, 0.05) is 0 Å². The van der Waals surface area contributed by atoms with Crippen molar-refractivity contribution in [2.75, 3.05) is 0 Å². The van der Waals surface area contributed by atoms with Crippen LogP contribution in [0.5, 0.6) is 0 Å². The molecule has 5 atom stereocenters. The van der Waals surface area contributed by atoms with E-state index in [9.17, 15) is 0 Å². The maximum absolute atomic E-state index is 4.16. The SMILES string of the molecule is O.[CH2-]C[C@@H](C)[C@H]1C[C@@H]2CC[C@@H](C)[C@H](CC[C-]1C)C2(C)C.[Pt+2]. The molecule has 2 saturated carbocycles. The Morgan fingerprint density at radius 2 is 1.86 bits per heavy atom. The maximum Gasteiger partial charge on any atom is 2.00 e. The molecule has 2 N–H and O–H groups in total. The molecule has 0 aromatic carbocycles. The Bertz CT molecular complexity index is 302. The summed E-state index contributed by atoms with van der Waals surface area (Å²) in [7, 11) is 0. The zero-order valence-corrected chi connectivity index (χ0v) is 16.9. The summed E-state index contributed by atoms with van der Waals surface area (Å²) in [6.07, 6.45) is 8.23. The largest absolute Gasteiger partial charge is 2.00 e. The Balaban J connectivity index is 0.00000200. The molecule has 1 nitrogen and oxygen atoms in total. The van der Waals surface area contributed by atoms with Gasteiger partial charge in [-0.25, -0.2) is 0 Å². The van der Waals surface area contributed by atoms with E-state index in [1.54, 1.807) is 5.92 Å². The first-order valence-corrected chi connectivity index (χ1v) is 8.49. The molecule has 0 aromatic rings. The monoisotopic (exact) mass is 475 g/mol. The summed E-state index contributed by atoms with van der Waals surface area (Å²) in [5, 5.41) is 0. The van der Waals surface area contributed by atoms with Crippen LogP contribution in [0.25, 0.3) is 0 Å². The van der Waals surface area contributed by atoms with E-state index in [4.69, 9.17) is 0 Å². The van der Waals surface area contributed by atoms with Gasteiger partial charge in [-0.1, -0.05) is 52.9 Å². The van der Waals surface area contributed by atoms with Gasteiger partial charge in [-0.15, -0.1) is 0 Å². The minimum Gasteiger partial charge on any atom is -0.412 e. The average molecular weight is 476 g/mol. The molecule has 0 aliphatic heterocycles. The molecule has 0 heterocycles. The van der Waals surface area contributed by atoms with Crippen LogP contribution in [0.2, 0.25) is 0 Å². The molecule has 0 spiro atoms. The number of hydrogen-bond acceptors (Lipinski definition) is 0. The van der Waals surface area contributed by atoms with Gasteiger partial charge in [0.05, 0.1) is 0 Å². The minimum atomic E-state index is 0. The van der Waals surface area contributed by atoms with Gasteiger partial charge in [0.25, 0.3) is 0 Å². The van der Waals surface area contributed by atoms with Crippen molar-refractivity contribution in [1.82, 2.24) is 0 Å². The van der Waals surface area contributed by atoms with E-state index in [2.05, 4.69) is 41.5 Å². The fraction of sp³-hybridized carbons (Fsp3) is 0.895. The van der Waals surface area contributed by atoms with E-state index in [0.717, 1.165) is 36.0 Å². The number of fused-ring (bicyclic) bond motifs is 2. The summed E-state index contributed by atoms with van der Waals surface area (Å²) in [5.41, 5.74) is 0.553. The third-order valence-electron chi connectivity index (χ3n) is 6.83. The molecule has 2 aliphatic carbocycles. The summed E-state index contributed by atoms with van der Waals surface area (Å²) in [6, 6.07) is 0. The molecule has 0 unspecified atom stereocenters. The smallest absolute Gasteiger partial charge is 0.412 e. The quantitative estimate of drug-likeness (QED) is 0.498. The van der Waals surface area contributed by atoms with Gasteiger partial charge in [-0.3, -0.25) is 0 Å². The van der Waals surface area contributed by atoms with Crippen molar-refractivity contribution in [3.05, 3.63) is 12.8 Å². The molecular weight excluding hydrogens is 439 g/mol. The van der Waals surface area contributed by atoms with E-state index in [1.165, 1.54) is 32.1 Å². The van der Waals surface area contributed by atoms with Crippen LogP contribution >= 0.6 is 0 Å². The molecule has 21 heavy (non-hydrogen) atoms. The van der Waals surface area contributed by atoms with E-state index in [-0.39, 0.29) is 26.5 Å². The van der Waals surface area contributed by atoms with Crippen molar-refractivity contribution in [2.45, 2.75) is 73.1 Å². The Labute approximate surface area is 147 Å². The van der Waals surface area contributed by atoms with Gasteiger partial charge in [0.1, 0.15) is 0 Å². The molecule has 2 rings (SSSR count). The van der Waals surface area contributed by atoms with Crippen LogP contribution in [-0.4, -0.2) is 5.48 Å². The zero-order valence-electron chi connectivity index (χ0n) is 14.7. The number of hydrogen-bond donors (Lipinski definition) is 0. The van der Waals surface area contributed by atoms with Crippen molar-refractivity contribution < 1.29 is 26.5 Å². The number of rotatable bonds is 2. The first-order valence-electron chi connectivity index (χ1n) is 8.49. The van der Waals surface area contributed by atoms with Gasteiger partial charge in [0.2, 0.25) is 0 Å². The molecule has 0 aromatic heterocycles. The zero-order chi connectivity index (χ0) is 14.2. The topological polar surface area (TPSA) is 31.5 Å². The van der Waals surface area contributed by atoms with Gasteiger partial charge in [-0.2, -0.15) is 25.7 Å². The van der Waals surface area contributed by atoms with Crippen LogP contribution in [0, 0.1) is 47.8 Å². The van der Waals surface area contributed by atoms with Gasteiger partial charge in [-0.05, 0) is 29.6 Å². The second-order valence-electron chi connectivity index (χ2n) is 8.17. The minimum absolute atomic E-state index is 0. The standard InChI is InChI=1S/C19H34.H2O.Pt/c1-7-13(2)17-12-16-10-8-15(4)18(19(16,5)6)11-9-14(17)3;;/h13,15-18H,1,7-12H2,2-6H3;1H2;/q-2;;+2/t13-,15-,16+,17-,18+;;/m1../s1. The molecule has 128 valence electrons. The van der Waals surface area contributed by atoms with Crippen LogP contribution in [0.15, 0.2) is 0 Å². The molecule has 2 bridgehead atoms. The molecule has 2 fully saturated rings. The Morgan fingerprint density at radius 1 is 1.24 bits per heavy atom. The van der Waals surface area contributed by atoms with Crippen molar-refractivity contribution >= 4 is 0 Å². The van der Waals surface area contributed by atoms with E-state index in [0.29, 0.717) is 5.41 Å². The molecule has 2 aliphatic rings. The van der Waals surface area contributed by atoms with Crippen LogP contribution in [0.1, 0.15) is 73.1 Å². The third kappa shape index (κ3) is 4.35. The maximum atomic E-state index is 4.16. The molecule has 2 heteroatoms. The van der Waals surface area contributed by atoms with Gasteiger partial charge < -0.3 is 18.3 Å². The average Bonchev–Trinajstić information content (AvgIpc) is 2.35. The first kappa shape index (κ1) is 21.6. The van der Waals surface area contributed by atoms with Crippen LogP contribution in [0.3, 0.4) is 0 Å². The van der Waals surface area contributed by atoms with Crippen LogP contribution in [-0.2, 0) is 21.1 Å². The van der Waals surface area contributed by atoms with Crippen molar-refractivity contribution in [1.29, 1.82) is 0 Å². The Kier molecular flexibility index (Phi) is 8.75. The summed E-state index contributed by atoms with van der Waals surface area (Å²) >= 11 is 0. The second kappa shape index (κ2) is 8.49. The molecule has 0 saturated heterocycles. The fourth-order valence-corrected chi connectivity index (χ4v) is 5.15. The van der Waals surface area contributed by atoms with E-state index < -0.39 is 0 Å². The van der Waals surface area contributed by atoms with Gasteiger partial charge >= 0.3 is 21.1 Å². The Hall–Kier alpha value is 0.648. The van der Waals surface area contributed by atoms with E-state index in [1.807, 2.05) is 0 Å². The van der Waals surface area contributed by atoms with Crippen molar-refractivity contribution in [2.24, 2.45) is 35.0 Å². The third-order valence-corrected chi connectivity index (χ3v) is 6.83. The fourth-order valence-electron chi connectivity index (χ4n) is 5.15. The predicted octanol–water partition coefficient (Wildman–Crippen LogP) is 5.10. The van der Waals surface area contributed by atoms with Crippen molar-refractivity contribution in [3.8, 4) is 0 Å². The summed E-state index contributed by atoms with van der Waals surface area (Å²) in [6.45, 7) is 16.6. The predicted molar refractivity (Wildman–Crippen MR) is 88.2 cm³/mol. The first-order chi connectivity index (χ1) is 8.87. The molecule has 0 amide bonds. The van der Waals surface area contributed by atoms with Gasteiger partial charge in [0.15, 0.2) is 0 Å². The Morgan fingerprint density at radius 3 is 2.43 bits per heavy atom. The van der Waals surface area contributed by atoms with Crippen LogP contribution < -0.4 is 0 Å². The van der Waals surface area contributed by atoms with Crippen LogP contribution in [0.4, 0.5) is 0 Å². The molecule has 0 radical (unpaired) electrons. The second-order valence-corrected chi connectivity index (χ2v) is 8.17. The molecular formula is C19H36OPt. The normalized spacial score (nSPS) is 37.4. The summed E-state index contributed by atoms with van der Waals surface area (Å²) in [4.78, 5) is 0.